The molecular formula is C36H40N10O8S2. The number of nitrogens with zero attached hydrogens (tertiary/aromatic N) is 6. The summed E-state index contributed by atoms with van der Waals surface area (Å²) >= 11 is 4.46. The number of hydrogen-bond acceptors (Lipinski definition) is 15. The Kier molecular flexibility index (Phi) is 24.3. The first-order valence-corrected chi connectivity index (χ1v) is 15.7. The van der Waals surface area contributed by atoms with Gasteiger partial charge in [0.05, 0.1) is 34.0 Å². The van der Waals surface area contributed by atoms with Crippen molar-refractivity contribution in [3.63, 3.8) is 0 Å². The minimum absolute atomic E-state index is 0. The molecule has 0 radical (unpaired) electrons. The van der Waals surface area contributed by atoms with E-state index in [1.165, 1.54) is 37.0 Å². The Hall–Kier alpha value is -8.01. The molecular weight excluding hydrogens is 765 g/mol. The van der Waals surface area contributed by atoms with Crippen molar-refractivity contribution in [2.24, 2.45) is 15.7 Å². The molecule has 3 aromatic heterocycles. The summed E-state index contributed by atoms with van der Waals surface area (Å²) in [6, 6.07) is 1.59. The average Bonchev–Trinajstić information content (AvgIpc) is 3.66. The van der Waals surface area contributed by atoms with Crippen LogP contribution >= 0.6 is 24.2 Å². The van der Waals surface area contributed by atoms with Gasteiger partial charge >= 0.3 is 0 Å². The van der Waals surface area contributed by atoms with Gasteiger partial charge in [-0.15, -0.1) is 28.5 Å². The van der Waals surface area contributed by atoms with E-state index in [0.29, 0.717) is 32.8 Å². The second-order valence-corrected chi connectivity index (χ2v) is 9.59. The number of nitrogens with one attached hydrogen (secondary N) is 3. The van der Waals surface area contributed by atoms with Crippen molar-refractivity contribution < 1.29 is 50.4 Å². The van der Waals surface area contributed by atoms with Gasteiger partial charge < -0.3 is 26.2 Å². The Morgan fingerprint density at radius 2 is 1.59 bits per heavy atom. The number of ether oxygens (including phenoxy) is 1. The lowest BCUT2D eigenvalue weighted by Crippen LogP contribution is -2.26. The number of thiol groups is 1. The third kappa shape index (κ3) is 18.5. The van der Waals surface area contributed by atoms with E-state index >= 15 is 0 Å². The normalized spacial score (nSPS) is 8.32. The number of anilines is 1. The Morgan fingerprint density at radius 3 is 2.09 bits per heavy atom. The molecule has 7 N–H and O–H groups in total. The van der Waals surface area contributed by atoms with Gasteiger partial charge in [0.15, 0.2) is 0 Å². The third-order valence-electron chi connectivity index (χ3n) is 5.22. The minimum atomic E-state index is -0.330. The first-order valence-electron chi connectivity index (χ1n) is 14.4. The summed E-state index contributed by atoms with van der Waals surface area (Å²) in [5.74, 6) is 38.4. The number of rotatable bonds is 12. The van der Waals surface area contributed by atoms with Gasteiger partial charge in [-0.1, -0.05) is 4.99 Å². The van der Waals surface area contributed by atoms with E-state index in [0.717, 1.165) is 5.56 Å². The molecule has 0 saturated heterocycles. The molecule has 0 aliphatic rings. The Bertz CT molecular complexity index is 2390. The Morgan fingerprint density at radius 1 is 1.00 bits per heavy atom. The molecule has 0 bridgehead atoms. The molecule has 0 aliphatic carbocycles. The molecule has 0 spiro atoms. The maximum absolute atomic E-state index is 12.3. The number of carbonyl (C=O) groups is 2. The molecule has 0 aliphatic heterocycles. The van der Waals surface area contributed by atoms with Crippen LogP contribution in [0.2, 0.25) is 0 Å². The number of carbonyl (C=O) groups excluding carboxylic acids is 2. The van der Waals surface area contributed by atoms with Crippen LogP contribution < -0.4 is 21.1 Å². The van der Waals surface area contributed by atoms with E-state index in [9.17, 15) is 9.59 Å². The number of pyridine rings is 2. The molecule has 294 valence electrons. The summed E-state index contributed by atoms with van der Waals surface area (Å²) in [4.78, 5) is 39.2. The quantitative estimate of drug-likeness (QED) is 0.0344. The zero-order valence-electron chi connectivity index (χ0n) is 28.6. The fraction of sp³-hybridized carbons (Fsp3) is 0.111. The van der Waals surface area contributed by atoms with Crippen LogP contribution in [-0.4, -0.2) is 57.7 Å². The van der Waals surface area contributed by atoms with Crippen LogP contribution in [0.4, 0.5) is 5.82 Å². The summed E-state index contributed by atoms with van der Waals surface area (Å²) in [5.41, 5.74) is 13.7. The molecule has 18 nitrogen and oxygen atoms in total. The molecule has 2 amide bonds. The molecule has 56 heavy (non-hydrogen) atoms. The van der Waals surface area contributed by atoms with Crippen LogP contribution in [0, 0.1) is 113 Å². The van der Waals surface area contributed by atoms with E-state index < -0.39 is 0 Å². The summed E-state index contributed by atoms with van der Waals surface area (Å²) < 4.78 is 10.1. The smallest absolute Gasteiger partial charge is 0.254 e. The van der Waals surface area contributed by atoms with Crippen LogP contribution in [0.5, 0.6) is 5.75 Å². The fourth-order valence-corrected chi connectivity index (χ4v) is 4.29. The van der Waals surface area contributed by atoms with E-state index in [1.807, 2.05) is 5.38 Å². The molecule has 0 saturated carbocycles. The predicted octanol–water partition coefficient (Wildman–Crippen LogP) is 3.89. The molecule has 20 heteroatoms. The molecule has 3 heterocycles. The number of aliphatic hydroxyl groups is 1. The van der Waals surface area contributed by atoms with Crippen LogP contribution in [0.25, 0.3) is 10.1 Å². The highest BCUT2D eigenvalue weighted by atomic mass is 32.1. The zero-order chi connectivity index (χ0) is 41.2. The third-order valence-corrected chi connectivity index (χ3v) is 6.35. The van der Waals surface area contributed by atoms with Crippen LogP contribution in [0.15, 0.2) is 45.7 Å². The number of hydrogen-bond donors (Lipinski definition) is 7. The van der Waals surface area contributed by atoms with Crippen LogP contribution in [0.3, 0.4) is 0 Å². The average molecular weight is 805 g/mol. The van der Waals surface area contributed by atoms with Crippen molar-refractivity contribution in [2.45, 2.75) is 6.61 Å². The van der Waals surface area contributed by atoms with E-state index in [1.54, 1.807) is 6.07 Å². The first-order chi connectivity index (χ1) is 27.3. The maximum atomic E-state index is 12.3. The highest BCUT2D eigenvalue weighted by Crippen LogP contribution is 2.33. The number of aliphatic hydroxyl groups excluding tert-OH is 1. The molecule has 0 unspecified atom stereocenters. The van der Waals surface area contributed by atoms with Gasteiger partial charge in [0.25, 0.3) is 11.8 Å². The highest BCUT2D eigenvalue weighted by Gasteiger charge is 2.17. The number of terminal acetylenes is 2. The van der Waals surface area contributed by atoms with Gasteiger partial charge in [-0.25, -0.2) is 10.2 Å². The lowest BCUT2D eigenvalue weighted by atomic mass is 10.1. The topological polar surface area (TPSA) is 252 Å². The second-order valence-electron chi connectivity index (χ2n) is 8.56. The van der Waals surface area contributed by atoms with Gasteiger partial charge in [-0.3, -0.25) is 14.6 Å². The van der Waals surface area contributed by atoms with Gasteiger partial charge in [0, 0.05) is 66.5 Å². The molecule has 3 rings (SSSR count). The number of fused-ring (bicyclic) bond motifs is 1. The zero-order valence-corrected chi connectivity index (χ0v) is 30.3. The second kappa shape index (κ2) is 29.6. The number of aromatic nitrogens is 2. The predicted molar refractivity (Wildman–Crippen MR) is 221 cm³/mol. The summed E-state index contributed by atoms with van der Waals surface area (Å²) in [7, 11) is 1.54. The fourth-order valence-electron chi connectivity index (χ4n) is 3.16. The monoisotopic (exact) mass is 804 g/mol. The van der Waals surface area contributed by atoms with E-state index in [2.05, 4.69) is 158 Å². The Balaban J connectivity index is -0.000000128. The minimum Gasteiger partial charge on any atom is -0.487 e. The number of amides is 2. The van der Waals surface area contributed by atoms with E-state index in [4.69, 9.17) is 39.2 Å². The SMILES string of the molecule is C#CC#CC#CC#CC#CC#CC#CC#CC#C.CNC(=O)c1cncc(OCc2csc3c(C(=O)NCCO)cnc(N)c23)c1.N=N/N=N/N(OO)OOS.[HH].[HH].[HH].[HH].[HH].[HH].[HH].[HH]. The molecule has 0 fully saturated rings. The number of nitrogen functional groups attached to an aromatic ring is 1. The highest BCUT2D eigenvalue weighted by molar-refractivity contribution is 7.74. The molecule has 0 aromatic carbocycles. The number of thiophene rings is 1. The van der Waals surface area contributed by atoms with Crippen LogP contribution in [-0.2, 0) is 20.9 Å². The lowest BCUT2D eigenvalue weighted by Gasteiger charge is -2.09. The van der Waals surface area contributed by atoms with Crippen molar-refractivity contribution in [3.8, 4) is 113 Å². The maximum Gasteiger partial charge on any atom is 0.254 e. The summed E-state index contributed by atoms with van der Waals surface area (Å²) in [5, 5.41) is 32.2. The van der Waals surface area contributed by atoms with Gasteiger partial charge in [0.2, 0.25) is 0 Å². The number of nitrogens with two attached hydrogens (primary N) is 1. The van der Waals surface area contributed by atoms with E-state index in [-0.39, 0.29) is 48.3 Å². The van der Waals surface area contributed by atoms with Gasteiger partial charge in [-0.05, 0) is 122 Å². The molecule has 0 atom stereocenters. The van der Waals surface area contributed by atoms with Crippen molar-refractivity contribution in [1.29, 1.82) is 5.53 Å². The van der Waals surface area contributed by atoms with Gasteiger partial charge in [-0.2, -0.15) is 5.53 Å². The van der Waals surface area contributed by atoms with Crippen molar-refractivity contribution in [3.05, 3.63) is 46.7 Å². The largest absolute Gasteiger partial charge is 0.487 e. The lowest BCUT2D eigenvalue weighted by molar-refractivity contribution is -0.572. The first kappa shape index (κ1) is 46.0. The summed E-state index contributed by atoms with van der Waals surface area (Å²) in [6.07, 6.45) is 14.1. The van der Waals surface area contributed by atoms with Crippen molar-refractivity contribution >= 4 is 52.0 Å². The standard InChI is InChI=1S/C18H19N5O4S.C18H2.H3N5O4S.8H2/c1-20-17(25)10-4-12(6-21-5-10)27-8-11-9-28-15-13(18(26)22-2-3-24)7-23-16(19)14(11)15;1-3-5-7-9-11-13-15-17-18-16-14-12-10-8-6-4-2;1-2-3-4-5(7-6)8-9-10;;;;;;;;/h4-7,9,24H,2-3,8H2,1H3,(H2,19,23)(H,20,25)(H,22,26);1-2H;1,6,10H;8*1H/b;;2-1?,4-3+;;;;;;;;. The Labute approximate surface area is 341 Å². The van der Waals surface area contributed by atoms with Gasteiger partial charge in [0.1, 0.15) is 18.2 Å². The van der Waals surface area contributed by atoms with Crippen molar-refractivity contribution in [2.75, 3.05) is 25.9 Å². The summed E-state index contributed by atoms with van der Waals surface area (Å²) in [6.45, 7) is 0.178. The molecule has 3 aromatic rings. The van der Waals surface area contributed by atoms with Crippen molar-refractivity contribution in [1.82, 2.24) is 25.9 Å². The van der Waals surface area contributed by atoms with Crippen LogP contribution in [0.1, 0.15) is 37.7 Å².